The quantitative estimate of drug-likeness (QED) is 0.606. The molecule has 0 aromatic rings. The number of hydrogen-bond acceptors (Lipinski definition) is 3. The van der Waals surface area contributed by atoms with E-state index in [1.54, 1.807) is 13.8 Å². The maximum atomic E-state index is 11.2. The summed E-state index contributed by atoms with van der Waals surface area (Å²) in [6.45, 7) is 5.17. The Morgan fingerprint density at radius 2 is 2.00 bits per heavy atom. The minimum absolute atomic E-state index is 0.248. The molecule has 14 heavy (non-hydrogen) atoms. The minimum atomic E-state index is -1.06. The van der Waals surface area contributed by atoms with Gasteiger partial charge in [0.2, 0.25) is 5.91 Å². The number of carbonyl (C=O) groups excluding carboxylic acids is 1. The van der Waals surface area contributed by atoms with E-state index in [9.17, 15) is 9.59 Å². The van der Waals surface area contributed by atoms with Gasteiger partial charge in [-0.2, -0.15) is 12.6 Å². The van der Waals surface area contributed by atoms with Crippen molar-refractivity contribution in [2.45, 2.75) is 44.4 Å². The second-order valence-corrected chi connectivity index (χ2v) is 4.90. The zero-order valence-electron chi connectivity index (χ0n) is 8.70. The van der Waals surface area contributed by atoms with Crippen molar-refractivity contribution in [3.05, 3.63) is 0 Å². The van der Waals surface area contributed by atoms with Crippen LogP contribution in [0.1, 0.15) is 33.6 Å². The first kappa shape index (κ1) is 13.3. The Balaban J connectivity index is 4.40. The number of thiol groups is 1. The second kappa shape index (κ2) is 5.24. The average molecular weight is 219 g/mol. The molecule has 0 aliphatic rings. The number of nitrogens with one attached hydrogen (secondary N) is 1. The SMILES string of the molecule is CCCC(=O)N[C@H](C(=O)O)C(C)(C)S. The number of aliphatic carboxylic acids is 1. The van der Waals surface area contributed by atoms with E-state index in [-0.39, 0.29) is 5.91 Å². The highest BCUT2D eigenvalue weighted by atomic mass is 32.1. The first-order valence-corrected chi connectivity index (χ1v) is 4.98. The predicted octanol–water partition coefficient (Wildman–Crippen LogP) is 1.06. The average Bonchev–Trinajstić information content (AvgIpc) is 1.98. The van der Waals surface area contributed by atoms with E-state index < -0.39 is 16.8 Å². The molecule has 5 heteroatoms. The van der Waals surface area contributed by atoms with Crippen molar-refractivity contribution in [1.82, 2.24) is 5.32 Å². The Morgan fingerprint density at radius 1 is 1.50 bits per heavy atom. The minimum Gasteiger partial charge on any atom is -0.480 e. The lowest BCUT2D eigenvalue weighted by Gasteiger charge is -2.26. The number of hydrogen-bond donors (Lipinski definition) is 3. The third kappa shape index (κ3) is 4.50. The Hall–Kier alpha value is -0.710. The summed E-state index contributed by atoms with van der Waals surface area (Å²) in [6, 6.07) is -0.954. The van der Waals surface area contributed by atoms with Gasteiger partial charge in [-0.05, 0) is 20.3 Å². The molecule has 0 spiro atoms. The zero-order chi connectivity index (χ0) is 11.4. The summed E-state index contributed by atoms with van der Waals surface area (Å²) in [5.41, 5.74) is 0. The van der Waals surface area contributed by atoms with Gasteiger partial charge < -0.3 is 10.4 Å². The van der Waals surface area contributed by atoms with Crippen molar-refractivity contribution in [3.63, 3.8) is 0 Å². The first-order valence-electron chi connectivity index (χ1n) is 4.53. The highest BCUT2D eigenvalue weighted by Gasteiger charge is 2.33. The van der Waals surface area contributed by atoms with Crippen LogP contribution in [0.15, 0.2) is 0 Å². The molecule has 0 rings (SSSR count). The molecule has 0 aromatic carbocycles. The molecule has 0 saturated heterocycles. The molecule has 0 radical (unpaired) electrons. The fourth-order valence-electron chi connectivity index (χ4n) is 1.00. The van der Waals surface area contributed by atoms with Crippen molar-refractivity contribution in [3.8, 4) is 0 Å². The Bertz CT molecular complexity index is 223. The van der Waals surface area contributed by atoms with Crippen LogP contribution in [-0.4, -0.2) is 27.8 Å². The molecule has 4 nitrogen and oxygen atoms in total. The van der Waals surface area contributed by atoms with E-state index in [1.165, 1.54) is 0 Å². The van der Waals surface area contributed by atoms with Crippen LogP contribution in [0.5, 0.6) is 0 Å². The summed E-state index contributed by atoms with van der Waals surface area (Å²) in [5, 5.41) is 11.3. The van der Waals surface area contributed by atoms with Gasteiger partial charge in [0.05, 0.1) is 0 Å². The molecule has 0 heterocycles. The van der Waals surface area contributed by atoms with E-state index in [0.717, 1.165) is 0 Å². The Labute approximate surface area is 89.5 Å². The molecule has 0 unspecified atom stereocenters. The lowest BCUT2D eigenvalue weighted by Crippen LogP contribution is -2.51. The van der Waals surface area contributed by atoms with Crippen LogP contribution in [0.4, 0.5) is 0 Å². The van der Waals surface area contributed by atoms with Gasteiger partial charge in [-0.15, -0.1) is 0 Å². The van der Waals surface area contributed by atoms with Crippen molar-refractivity contribution in [2.24, 2.45) is 0 Å². The van der Waals surface area contributed by atoms with E-state index in [0.29, 0.717) is 12.8 Å². The molecule has 82 valence electrons. The third-order valence-electron chi connectivity index (χ3n) is 1.74. The van der Waals surface area contributed by atoms with Gasteiger partial charge in [0.15, 0.2) is 0 Å². The highest BCUT2D eigenvalue weighted by Crippen LogP contribution is 2.17. The lowest BCUT2D eigenvalue weighted by atomic mass is 10.0. The Morgan fingerprint density at radius 3 is 2.29 bits per heavy atom. The van der Waals surface area contributed by atoms with Crippen LogP contribution >= 0.6 is 12.6 Å². The number of carboxylic acid groups (broad SMARTS) is 1. The first-order chi connectivity index (χ1) is 6.29. The van der Waals surface area contributed by atoms with Crippen LogP contribution in [0, 0.1) is 0 Å². The largest absolute Gasteiger partial charge is 0.480 e. The highest BCUT2D eigenvalue weighted by molar-refractivity contribution is 7.81. The maximum Gasteiger partial charge on any atom is 0.327 e. The molecule has 0 fully saturated rings. The van der Waals surface area contributed by atoms with Gasteiger partial charge >= 0.3 is 5.97 Å². The van der Waals surface area contributed by atoms with E-state index in [4.69, 9.17) is 5.11 Å². The summed E-state index contributed by atoms with van der Waals surface area (Å²) in [7, 11) is 0. The molecule has 1 amide bonds. The smallest absolute Gasteiger partial charge is 0.327 e. The van der Waals surface area contributed by atoms with Crippen molar-refractivity contribution in [1.29, 1.82) is 0 Å². The van der Waals surface area contributed by atoms with E-state index >= 15 is 0 Å². The second-order valence-electron chi connectivity index (χ2n) is 3.74. The van der Waals surface area contributed by atoms with Gasteiger partial charge in [-0.25, -0.2) is 4.79 Å². The van der Waals surface area contributed by atoms with Crippen LogP contribution in [-0.2, 0) is 9.59 Å². The fourth-order valence-corrected chi connectivity index (χ4v) is 1.18. The number of carboxylic acids is 1. The molecule has 0 aromatic heterocycles. The zero-order valence-corrected chi connectivity index (χ0v) is 9.60. The topological polar surface area (TPSA) is 66.4 Å². The molecule has 0 bridgehead atoms. The lowest BCUT2D eigenvalue weighted by molar-refractivity contribution is -0.142. The van der Waals surface area contributed by atoms with E-state index in [1.807, 2.05) is 6.92 Å². The van der Waals surface area contributed by atoms with Crippen LogP contribution in [0.3, 0.4) is 0 Å². The standard InChI is InChI=1S/C9H17NO3S/c1-4-5-6(11)10-7(8(12)13)9(2,3)14/h7,14H,4-5H2,1-3H3,(H,10,11)(H,12,13)/t7-/m1/s1. The fraction of sp³-hybridized carbons (Fsp3) is 0.778. The van der Waals surface area contributed by atoms with Gasteiger partial charge in [0, 0.05) is 11.2 Å². The molecule has 0 aliphatic carbocycles. The van der Waals surface area contributed by atoms with Crippen molar-refractivity contribution in [2.75, 3.05) is 0 Å². The van der Waals surface area contributed by atoms with E-state index in [2.05, 4.69) is 17.9 Å². The Kier molecular flexibility index (Phi) is 4.97. The summed E-state index contributed by atoms with van der Waals surface area (Å²) in [5.74, 6) is -1.31. The summed E-state index contributed by atoms with van der Waals surface area (Å²) in [6.07, 6.45) is 1.04. The molecule has 0 saturated carbocycles. The molecule has 0 aliphatic heterocycles. The molecular formula is C9H17NO3S. The van der Waals surface area contributed by atoms with Gasteiger partial charge in [0.1, 0.15) is 6.04 Å². The third-order valence-corrected chi connectivity index (χ3v) is 1.99. The number of rotatable bonds is 5. The number of carbonyl (C=O) groups is 2. The predicted molar refractivity (Wildman–Crippen MR) is 57.5 cm³/mol. The van der Waals surface area contributed by atoms with Crippen molar-refractivity contribution >= 4 is 24.5 Å². The molecule has 1 atom stereocenters. The van der Waals surface area contributed by atoms with Gasteiger partial charge in [-0.3, -0.25) is 4.79 Å². The molecular weight excluding hydrogens is 202 g/mol. The number of amides is 1. The molecule has 2 N–H and O–H groups in total. The monoisotopic (exact) mass is 219 g/mol. The van der Waals surface area contributed by atoms with Crippen LogP contribution < -0.4 is 5.32 Å². The normalized spacial score (nSPS) is 13.4. The maximum absolute atomic E-state index is 11.2. The van der Waals surface area contributed by atoms with Gasteiger partial charge in [-0.1, -0.05) is 6.92 Å². The summed E-state index contributed by atoms with van der Waals surface area (Å²) < 4.78 is -0.769. The van der Waals surface area contributed by atoms with Crippen LogP contribution in [0.2, 0.25) is 0 Å². The van der Waals surface area contributed by atoms with Crippen molar-refractivity contribution < 1.29 is 14.7 Å². The summed E-state index contributed by atoms with van der Waals surface area (Å²) >= 11 is 4.14. The summed E-state index contributed by atoms with van der Waals surface area (Å²) in [4.78, 5) is 22.0. The van der Waals surface area contributed by atoms with Crippen LogP contribution in [0.25, 0.3) is 0 Å². The van der Waals surface area contributed by atoms with Gasteiger partial charge in [0.25, 0.3) is 0 Å².